The summed E-state index contributed by atoms with van der Waals surface area (Å²) in [5.74, 6) is 0.145. The minimum Gasteiger partial charge on any atom is -0.504 e. The van der Waals surface area contributed by atoms with Gasteiger partial charge in [0.25, 0.3) is 5.91 Å². The number of aromatic hydroxyl groups is 1. The number of phenols is 1. The molecule has 1 amide bonds. The summed E-state index contributed by atoms with van der Waals surface area (Å²) >= 11 is 0. The van der Waals surface area contributed by atoms with Gasteiger partial charge in [0.15, 0.2) is 11.5 Å². The second-order valence-corrected chi connectivity index (χ2v) is 6.68. The number of hydrazone groups is 1. The first-order chi connectivity index (χ1) is 13.2. The molecule has 0 atom stereocenters. The van der Waals surface area contributed by atoms with Gasteiger partial charge in [-0.2, -0.15) is 5.10 Å². The van der Waals surface area contributed by atoms with Crippen LogP contribution in [0.5, 0.6) is 11.5 Å². The van der Waals surface area contributed by atoms with Crippen LogP contribution in [0, 0.1) is 0 Å². The van der Waals surface area contributed by atoms with Crippen LogP contribution in [0.2, 0.25) is 0 Å². The number of methoxy groups -OCH3 is 1. The number of aromatic nitrogens is 1. The highest BCUT2D eigenvalue weighted by atomic mass is 16.5. The van der Waals surface area contributed by atoms with Crippen LogP contribution < -0.4 is 10.2 Å². The van der Waals surface area contributed by atoms with Gasteiger partial charge < -0.3 is 14.8 Å². The summed E-state index contributed by atoms with van der Waals surface area (Å²) in [6.45, 7) is 0. The number of amides is 1. The predicted octanol–water partition coefficient (Wildman–Crippen LogP) is 3.52. The number of benzene rings is 2. The highest BCUT2D eigenvalue weighted by molar-refractivity contribution is 5.99. The fourth-order valence-corrected chi connectivity index (χ4v) is 3.56. The van der Waals surface area contributed by atoms with Crippen LogP contribution in [0.4, 0.5) is 0 Å². The number of fused-ring (bicyclic) bond motifs is 3. The van der Waals surface area contributed by atoms with Gasteiger partial charge in [-0.15, -0.1) is 0 Å². The molecule has 1 heterocycles. The van der Waals surface area contributed by atoms with E-state index in [1.54, 1.807) is 18.2 Å². The van der Waals surface area contributed by atoms with E-state index in [0.29, 0.717) is 16.9 Å². The zero-order valence-electron chi connectivity index (χ0n) is 15.1. The van der Waals surface area contributed by atoms with Crippen molar-refractivity contribution in [1.29, 1.82) is 0 Å². The Morgan fingerprint density at radius 1 is 1.22 bits per heavy atom. The van der Waals surface area contributed by atoms with Crippen LogP contribution >= 0.6 is 0 Å². The number of ether oxygens (including phenoxy) is 1. The fourth-order valence-electron chi connectivity index (χ4n) is 3.56. The fraction of sp³-hybridized carbons (Fsp3) is 0.238. The molecule has 0 saturated carbocycles. The van der Waals surface area contributed by atoms with Crippen molar-refractivity contribution in [2.75, 3.05) is 7.11 Å². The number of carbonyl (C=O) groups is 1. The quantitative estimate of drug-likeness (QED) is 0.490. The summed E-state index contributed by atoms with van der Waals surface area (Å²) in [5.41, 5.74) is 7.48. The Labute approximate surface area is 156 Å². The zero-order valence-corrected chi connectivity index (χ0v) is 15.1. The molecule has 0 fully saturated rings. The van der Waals surface area contributed by atoms with E-state index in [0.717, 1.165) is 23.7 Å². The molecule has 0 spiro atoms. The van der Waals surface area contributed by atoms with Gasteiger partial charge >= 0.3 is 0 Å². The van der Waals surface area contributed by atoms with Gasteiger partial charge in [0, 0.05) is 22.2 Å². The molecule has 6 heteroatoms. The van der Waals surface area contributed by atoms with Gasteiger partial charge in [0.2, 0.25) is 0 Å². The molecule has 0 bridgehead atoms. The summed E-state index contributed by atoms with van der Waals surface area (Å²) in [6, 6.07) is 10.6. The minimum atomic E-state index is -0.267. The molecule has 27 heavy (non-hydrogen) atoms. The van der Waals surface area contributed by atoms with E-state index in [1.807, 2.05) is 12.1 Å². The van der Waals surface area contributed by atoms with Gasteiger partial charge in [-0.25, -0.2) is 5.43 Å². The standard InChI is InChI=1S/C21H21N3O3/c1-27-20-9-6-13(10-19(20)25)12-22-24-21(26)14-7-8-18-16(11-14)15-4-2-3-5-17(15)23-18/h6-12,23,25H,2-5H2,1H3,(H,24,26)/b22-12+. The number of hydrogen-bond acceptors (Lipinski definition) is 4. The van der Waals surface area contributed by atoms with Crippen molar-refractivity contribution in [1.82, 2.24) is 10.4 Å². The third-order valence-corrected chi connectivity index (χ3v) is 4.94. The average molecular weight is 363 g/mol. The van der Waals surface area contributed by atoms with Crippen molar-refractivity contribution in [3.63, 3.8) is 0 Å². The monoisotopic (exact) mass is 363 g/mol. The summed E-state index contributed by atoms with van der Waals surface area (Å²) in [4.78, 5) is 15.9. The first kappa shape index (κ1) is 17.1. The molecule has 1 aromatic heterocycles. The first-order valence-corrected chi connectivity index (χ1v) is 8.99. The lowest BCUT2D eigenvalue weighted by atomic mass is 9.95. The summed E-state index contributed by atoms with van der Waals surface area (Å²) in [5, 5.41) is 14.9. The number of aromatic amines is 1. The second-order valence-electron chi connectivity index (χ2n) is 6.68. The predicted molar refractivity (Wildman–Crippen MR) is 105 cm³/mol. The molecule has 3 aromatic rings. The number of nitrogens with one attached hydrogen (secondary N) is 2. The second kappa shape index (κ2) is 7.15. The maximum absolute atomic E-state index is 12.4. The molecule has 6 nitrogen and oxygen atoms in total. The molecular formula is C21H21N3O3. The highest BCUT2D eigenvalue weighted by Gasteiger charge is 2.16. The number of nitrogens with zero attached hydrogens (tertiary/aromatic N) is 1. The Morgan fingerprint density at radius 2 is 2.07 bits per heavy atom. The van der Waals surface area contributed by atoms with Gasteiger partial charge in [-0.3, -0.25) is 4.79 Å². The molecule has 4 rings (SSSR count). The van der Waals surface area contributed by atoms with Crippen molar-refractivity contribution in [3.8, 4) is 11.5 Å². The number of phenolic OH excluding ortho intramolecular Hbond substituents is 1. The Balaban J connectivity index is 1.50. The average Bonchev–Trinajstić information content (AvgIpc) is 3.06. The SMILES string of the molecule is COc1ccc(/C=N/NC(=O)c2ccc3[nH]c4c(c3c2)CCCC4)cc1O. The lowest BCUT2D eigenvalue weighted by Crippen LogP contribution is -2.17. The Kier molecular flexibility index (Phi) is 4.54. The first-order valence-electron chi connectivity index (χ1n) is 8.99. The van der Waals surface area contributed by atoms with E-state index in [1.165, 1.54) is 43.5 Å². The normalized spacial score (nSPS) is 13.7. The summed E-state index contributed by atoms with van der Waals surface area (Å²) < 4.78 is 5.00. The number of aryl methyl sites for hydroxylation is 2. The molecule has 1 aliphatic rings. The maximum atomic E-state index is 12.4. The minimum absolute atomic E-state index is 0.0236. The van der Waals surface area contributed by atoms with Crippen LogP contribution in [0.15, 0.2) is 41.5 Å². The Bertz CT molecular complexity index is 1040. The molecule has 0 radical (unpaired) electrons. The molecule has 138 valence electrons. The number of hydrogen-bond donors (Lipinski definition) is 3. The largest absolute Gasteiger partial charge is 0.504 e. The van der Waals surface area contributed by atoms with Crippen molar-refractivity contribution in [2.45, 2.75) is 25.7 Å². The van der Waals surface area contributed by atoms with E-state index in [-0.39, 0.29) is 11.7 Å². The number of rotatable bonds is 4. The molecule has 2 aromatic carbocycles. The van der Waals surface area contributed by atoms with Gasteiger partial charge in [-0.05, 0) is 73.2 Å². The van der Waals surface area contributed by atoms with Crippen LogP contribution in [0.1, 0.15) is 40.0 Å². The van der Waals surface area contributed by atoms with Crippen molar-refractivity contribution >= 4 is 23.0 Å². The summed E-state index contributed by atoms with van der Waals surface area (Å²) in [7, 11) is 1.49. The van der Waals surface area contributed by atoms with Gasteiger partial charge in [0.05, 0.1) is 13.3 Å². The topological polar surface area (TPSA) is 86.7 Å². The van der Waals surface area contributed by atoms with E-state index < -0.39 is 0 Å². The summed E-state index contributed by atoms with van der Waals surface area (Å²) in [6.07, 6.45) is 6.01. The van der Waals surface area contributed by atoms with Crippen LogP contribution in [-0.4, -0.2) is 29.3 Å². The third-order valence-electron chi connectivity index (χ3n) is 4.94. The van der Waals surface area contributed by atoms with E-state index >= 15 is 0 Å². The van der Waals surface area contributed by atoms with Crippen molar-refractivity contribution < 1.29 is 14.6 Å². The third kappa shape index (κ3) is 3.38. The molecule has 0 unspecified atom stereocenters. The smallest absolute Gasteiger partial charge is 0.271 e. The van der Waals surface area contributed by atoms with Gasteiger partial charge in [-0.1, -0.05) is 0 Å². The van der Waals surface area contributed by atoms with E-state index in [4.69, 9.17) is 4.74 Å². The van der Waals surface area contributed by atoms with Crippen molar-refractivity contribution in [3.05, 3.63) is 58.8 Å². The van der Waals surface area contributed by atoms with Gasteiger partial charge in [0.1, 0.15) is 0 Å². The van der Waals surface area contributed by atoms with E-state index in [2.05, 4.69) is 15.5 Å². The molecular weight excluding hydrogens is 342 g/mol. The Morgan fingerprint density at radius 3 is 2.89 bits per heavy atom. The maximum Gasteiger partial charge on any atom is 0.271 e. The molecule has 0 saturated heterocycles. The van der Waals surface area contributed by atoms with Crippen LogP contribution in [0.25, 0.3) is 10.9 Å². The molecule has 3 N–H and O–H groups in total. The highest BCUT2D eigenvalue weighted by Crippen LogP contribution is 2.29. The number of H-pyrrole nitrogens is 1. The van der Waals surface area contributed by atoms with Crippen LogP contribution in [0.3, 0.4) is 0 Å². The van der Waals surface area contributed by atoms with E-state index in [9.17, 15) is 9.90 Å². The lowest BCUT2D eigenvalue weighted by Gasteiger charge is -2.10. The lowest BCUT2D eigenvalue weighted by molar-refractivity contribution is 0.0955. The van der Waals surface area contributed by atoms with Crippen LogP contribution in [-0.2, 0) is 12.8 Å². The number of carbonyl (C=O) groups excluding carboxylic acids is 1. The molecule has 1 aliphatic carbocycles. The molecule has 0 aliphatic heterocycles. The van der Waals surface area contributed by atoms with Crippen molar-refractivity contribution in [2.24, 2.45) is 5.10 Å². The Hall–Kier alpha value is -3.28. The zero-order chi connectivity index (χ0) is 18.8.